The average molecular weight is 895 g/mol. The van der Waals surface area contributed by atoms with E-state index in [2.05, 4.69) is 94.2 Å². The number of carbonyl (C=O) groups is 3. The Hall–Kier alpha value is -4.47. The Kier molecular flexibility index (Phi) is 16.8. The number of methoxy groups -OCH3 is 1. The second-order valence-electron chi connectivity index (χ2n) is 21.1. The van der Waals surface area contributed by atoms with Gasteiger partial charge >= 0.3 is 11.9 Å². The van der Waals surface area contributed by atoms with Crippen molar-refractivity contribution >= 4 is 47.3 Å². The Bertz CT molecular complexity index is 2270. The molecule has 0 spiro atoms. The van der Waals surface area contributed by atoms with Crippen LogP contribution >= 0.6 is 0 Å². The smallest absolute Gasteiger partial charge is 0.320 e. The average Bonchev–Trinajstić information content (AvgIpc) is 4.00. The number of esters is 2. The molecule has 65 heavy (non-hydrogen) atoms. The van der Waals surface area contributed by atoms with Gasteiger partial charge in [0.2, 0.25) is 0 Å². The van der Waals surface area contributed by atoms with Gasteiger partial charge in [0.05, 0.1) is 30.8 Å². The van der Waals surface area contributed by atoms with Crippen LogP contribution in [0.15, 0.2) is 17.1 Å². The van der Waals surface area contributed by atoms with E-state index in [1.165, 1.54) is 58.5 Å². The fourth-order valence-corrected chi connectivity index (χ4v) is 11.5. The maximum atomic E-state index is 13.7. The number of aromatic nitrogens is 2. The Morgan fingerprint density at radius 2 is 1.34 bits per heavy atom. The van der Waals surface area contributed by atoms with Crippen LogP contribution in [-0.2, 0) is 19.1 Å². The highest BCUT2D eigenvalue weighted by atomic mass is 16.5. The topological polar surface area (TPSA) is 146 Å². The lowest BCUT2D eigenvalue weighted by molar-refractivity contribution is -0.144. The standard InChI is InChI=1S/C55H82N4O6/c1-13-39-34(7)41-29-46-48(38(11)60)36(9)43(57-46)27-42-35(8)40(52(58-42)50-51(55(63)64-12)54(62)49-37(10)44(59-53(49)50)28-45(39)56-41)23-24-47(61)65-26-25-33(6)22-16-21-32(5)20-15-19-31(4)18-14-17-30(2)3/h27-35,39-40,51-52,56-59,62H,13-26H2,1-12H3/b41-29-,42-27-,45-28-. The molecule has 4 aliphatic rings. The monoisotopic (exact) mass is 895 g/mol. The van der Waals surface area contributed by atoms with Crippen LogP contribution in [-0.4, -0.2) is 52.6 Å². The van der Waals surface area contributed by atoms with Gasteiger partial charge in [-0.25, -0.2) is 0 Å². The fourth-order valence-electron chi connectivity index (χ4n) is 11.5. The zero-order chi connectivity index (χ0) is 47.3. The first-order valence-electron chi connectivity index (χ1n) is 25.3. The lowest BCUT2D eigenvalue weighted by atomic mass is 9.80. The van der Waals surface area contributed by atoms with E-state index in [1.54, 1.807) is 6.92 Å². The third-order valence-corrected chi connectivity index (χ3v) is 15.7. The van der Waals surface area contributed by atoms with Crippen molar-refractivity contribution in [2.24, 2.45) is 53.3 Å². The number of hydrogen-bond acceptors (Lipinski definition) is 8. The molecule has 3 aliphatic heterocycles. The largest absolute Gasteiger partial charge is 0.510 e. The highest BCUT2D eigenvalue weighted by molar-refractivity contribution is 6.00. The molecule has 10 heteroatoms. The summed E-state index contributed by atoms with van der Waals surface area (Å²) in [5, 5.41) is 20.8. The summed E-state index contributed by atoms with van der Waals surface area (Å²) in [7, 11) is 1.35. The van der Waals surface area contributed by atoms with E-state index in [9.17, 15) is 19.5 Å². The summed E-state index contributed by atoms with van der Waals surface area (Å²) in [5.74, 6) is 1.20. The number of Topliss-reactive ketones (excluding diaryl/α,β-unsaturated/α-hetero) is 1. The van der Waals surface area contributed by atoms with Crippen LogP contribution in [0.1, 0.15) is 184 Å². The van der Waals surface area contributed by atoms with Crippen molar-refractivity contribution in [3.8, 4) is 0 Å². The van der Waals surface area contributed by atoms with Crippen LogP contribution in [0.2, 0.25) is 0 Å². The van der Waals surface area contributed by atoms with Crippen molar-refractivity contribution in [3.63, 3.8) is 0 Å². The van der Waals surface area contributed by atoms with Crippen LogP contribution in [0.3, 0.4) is 0 Å². The van der Waals surface area contributed by atoms with E-state index in [0.29, 0.717) is 40.6 Å². The zero-order valence-corrected chi connectivity index (χ0v) is 41.9. The molecule has 0 radical (unpaired) electrons. The molecular weight excluding hydrogens is 813 g/mol. The molecule has 1 aliphatic carbocycles. The number of allylic oxidation sites excluding steroid dienone is 3. The minimum Gasteiger partial charge on any atom is -0.510 e. The third kappa shape index (κ3) is 11.2. The van der Waals surface area contributed by atoms with Gasteiger partial charge in [0.1, 0.15) is 11.7 Å². The van der Waals surface area contributed by atoms with Crippen LogP contribution < -0.4 is 21.2 Å². The minimum atomic E-state index is -1.01. The summed E-state index contributed by atoms with van der Waals surface area (Å²) in [6.07, 6.45) is 20.4. The molecule has 8 bridgehead atoms. The van der Waals surface area contributed by atoms with Crippen molar-refractivity contribution < 1.29 is 29.0 Å². The summed E-state index contributed by atoms with van der Waals surface area (Å²) in [6, 6.07) is -0.426. The molecule has 2 aromatic rings. The van der Waals surface area contributed by atoms with Gasteiger partial charge in [-0.15, -0.1) is 0 Å². The lowest BCUT2D eigenvalue weighted by Gasteiger charge is -2.26. The first-order chi connectivity index (χ1) is 30.9. The minimum absolute atomic E-state index is 0.0129. The highest BCUT2D eigenvalue weighted by Crippen LogP contribution is 2.43. The number of nitrogens with one attached hydrogen (secondary N) is 4. The van der Waals surface area contributed by atoms with Crippen molar-refractivity contribution in [2.45, 2.75) is 166 Å². The van der Waals surface area contributed by atoms with Crippen molar-refractivity contribution in [2.75, 3.05) is 13.7 Å². The number of ketones is 1. The molecule has 6 rings (SSSR count). The van der Waals surface area contributed by atoms with E-state index in [1.807, 2.05) is 13.8 Å². The molecule has 0 saturated carbocycles. The second kappa shape index (κ2) is 21.9. The number of H-pyrrole nitrogens is 2. The molecule has 2 aromatic heterocycles. The third-order valence-electron chi connectivity index (χ3n) is 15.7. The molecular formula is C55H82N4O6. The van der Waals surface area contributed by atoms with Gasteiger partial charge in [-0.2, -0.15) is 0 Å². The van der Waals surface area contributed by atoms with Crippen LogP contribution in [0, 0.1) is 67.1 Å². The van der Waals surface area contributed by atoms with Crippen LogP contribution in [0.25, 0.3) is 29.6 Å². The predicted molar refractivity (Wildman–Crippen MR) is 264 cm³/mol. The van der Waals surface area contributed by atoms with E-state index in [-0.39, 0.29) is 47.6 Å². The summed E-state index contributed by atoms with van der Waals surface area (Å²) in [6.45, 7) is 24.2. The number of carbonyl (C=O) groups excluding carboxylic acids is 3. The predicted octanol–water partition coefficient (Wildman–Crippen LogP) is 10.8. The van der Waals surface area contributed by atoms with E-state index in [0.717, 1.165) is 82.3 Å². The summed E-state index contributed by atoms with van der Waals surface area (Å²) in [5.41, 5.74) is 8.52. The molecule has 5 heterocycles. The van der Waals surface area contributed by atoms with Crippen molar-refractivity contribution in [3.05, 3.63) is 61.4 Å². The number of hydrogen-bond donors (Lipinski definition) is 5. The first kappa shape index (κ1) is 50.0. The Balaban J connectivity index is 1.18. The molecule has 10 nitrogen and oxygen atoms in total. The number of aliphatic hydroxyl groups excluding tert-OH is 1. The van der Waals surface area contributed by atoms with Crippen LogP contribution in [0.5, 0.6) is 0 Å². The molecule has 9 atom stereocenters. The molecule has 2 fully saturated rings. The van der Waals surface area contributed by atoms with Crippen molar-refractivity contribution in [1.29, 1.82) is 0 Å². The van der Waals surface area contributed by atoms with Gasteiger partial charge in [-0.05, 0) is 105 Å². The van der Waals surface area contributed by atoms with Gasteiger partial charge in [-0.3, -0.25) is 14.4 Å². The summed E-state index contributed by atoms with van der Waals surface area (Å²) < 4.78 is 11.3. The lowest BCUT2D eigenvalue weighted by Crippen LogP contribution is -2.38. The van der Waals surface area contributed by atoms with E-state index < -0.39 is 17.9 Å². The molecule has 0 aromatic carbocycles. The SMILES string of the molecule is CCC1/C2=C/c3[nH]c4c(c3C)=C(O)C(C(=O)OC)C=4C3N/C(=C\c4[nH]c(c(C(C)=O)c4C)/C=C(\N2)C1C)C(C)C3CCC(=O)OCCC(C)CCCC(C)CCCC(C)CCCC(C)C. The normalized spacial score (nSPS) is 26.1. The second-order valence-corrected chi connectivity index (χ2v) is 21.1. The molecule has 0 amide bonds. The first-order valence-corrected chi connectivity index (χ1v) is 25.3. The van der Waals surface area contributed by atoms with Gasteiger partial charge < -0.3 is 35.2 Å². The molecule has 9 unspecified atom stereocenters. The van der Waals surface area contributed by atoms with Crippen molar-refractivity contribution in [1.82, 2.24) is 20.6 Å². The molecule has 2 saturated heterocycles. The number of aromatic amines is 2. The van der Waals surface area contributed by atoms with E-state index >= 15 is 0 Å². The van der Waals surface area contributed by atoms with Gasteiger partial charge in [0, 0.05) is 63.4 Å². The highest BCUT2D eigenvalue weighted by Gasteiger charge is 2.47. The Morgan fingerprint density at radius 1 is 0.754 bits per heavy atom. The maximum absolute atomic E-state index is 13.7. The number of fused-ring (bicyclic) bond motifs is 8. The number of rotatable bonds is 21. The van der Waals surface area contributed by atoms with Gasteiger partial charge in [0.25, 0.3) is 0 Å². The van der Waals surface area contributed by atoms with Gasteiger partial charge in [0.15, 0.2) is 5.78 Å². The summed E-state index contributed by atoms with van der Waals surface area (Å²) >= 11 is 0. The number of ether oxygens (including phenoxy) is 2. The fraction of sp³-hybridized carbons (Fsp3) is 0.655. The van der Waals surface area contributed by atoms with Crippen LogP contribution in [0.4, 0.5) is 0 Å². The van der Waals surface area contributed by atoms with E-state index in [4.69, 9.17) is 9.47 Å². The summed E-state index contributed by atoms with van der Waals surface area (Å²) in [4.78, 5) is 47.7. The maximum Gasteiger partial charge on any atom is 0.320 e. The van der Waals surface area contributed by atoms with Gasteiger partial charge in [-0.1, -0.05) is 113 Å². The molecule has 5 N–H and O–H groups in total. The quantitative estimate of drug-likeness (QED) is 0.0615. The zero-order valence-electron chi connectivity index (χ0n) is 41.9. The molecule has 358 valence electrons. The Labute approximate surface area is 389 Å². The Morgan fingerprint density at radius 3 is 1.94 bits per heavy atom. The number of aliphatic hydroxyl groups is 1.